The van der Waals surface area contributed by atoms with E-state index in [1.807, 2.05) is 81.4 Å². The topological polar surface area (TPSA) is 58.6 Å². The van der Waals surface area contributed by atoms with Gasteiger partial charge in [0.1, 0.15) is 11.8 Å². The molecule has 0 fully saturated rings. The molecule has 1 atom stereocenters. The van der Waals surface area contributed by atoms with Crippen LogP contribution in [-0.4, -0.2) is 29.4 Å². The largest absolute Gasteiger partial charge is 0.497 e. The quantitative estimate of drug-likeness (QED) is 0.574. The number of nitrogens with one attached hydrogen (secondary N) is 1. The van der Waals surface area contributed by atoms with Gasteiger partial charge in [0, 0.05) is 17.6 Å². The van der Waals surface area contributed by atoms with E-state index in [2.05, 4.69) is 5.32 Å². The fourth-order valence-corrected chi connectivity index (χ4v) is 3.50. The highest BCUT2D eigenvalue weighted by atomic mass is 16.5. The van der Waals surface area contributed by atoms with E-state index in [1.165, 1.54) is 0 Å². The molecule has 5 heteroatoms. The Labute approximate surface area is 190 Å². The van der Waals surface area contributed by atoms with Crippen molar-refractivity contribution < 1.29 is 14.3 Å². The predicted octanol–water partition coefficient (Wildman–Crippen LogP) is 4.99. The summed E-state index contributed by atoms with van der Waals surface area (Å²) < 4.78 is 5.28. The number of nitrogens with zero attached hydrogens (tertiary/aromatic N) is 1. The predicted molar refractivity (Wildman–Crippen MR) is 126 cm³/mol. The summed E-state index contributed by atoms with van der Waals surface area (Å²) in [6.07, 6.45) is 0. The minimum atomic E-state index is -0.812. The van der Waals surface area contributed by atoms with Crippen molar-refractivity contribution in [2.75, 3.05) is 7.11 Å². The number of methoxy groups -OCH3 is 1. The summed E-state index contributed by atoms with van der Waals surface area (Å²) in [5.74, 6) is 0.245. The van der Waals surface area contributed by atoms with Crippen molar-refractivity contribution in [3.8, 4) is 5.75 Å². The first-order valence-electron chi connectivity index (χ1n) is 10.6. The van der Waals surface area contributed by atoms with Crippen molar-refractivity contribution in [2.24, 2.45) is 0 Å². The fourth-order valence-electron chi connectivity index (χ4n) is 3.50. The molecule has 0 bridgehead atoms. The molecule has 0 aliphatic carbocycles. The first kappa shape index (κ1) is 23.1. The third-order valence-corrected chi connectivity index (χ3v) is 4.97. The van der Waals surface area contributed by atoms with Crippen LogP contribution in [0.5, 0.6) is 5.75 Å². The van der Waals surface area contributed by atoms with Gasteiger partial charge in [-0.3, -0.25) is 9.59 Å². The van der Waals surface area contributed by atoms with E-state index >= 15 is 0 Å². The maximum atomic E-state index is 13.7. The van der Waals surface area contributed by atoms with Gasteiger partial charge in [-0.1, -0.05) is 60.7 Å². The van der Waals surface area contributed by atoms with E-state index in [4.69, 9.17) is 4.74 Å². The molecule has 0 spiro atoms. The zero-order valence-electron chi connectivity index (χ0n) is 19.0. The molecule has 0 aliphatic heterocycles. The summed E-state index contributed by atoms with van der Waals surface area (Å²) in [6, 6.07) is 25.2. The first-order chi connectivity index (χ1) is 15.3. The number of hydrogen-bond acceptors (Lipinski definition) is 3. The fraction of sp³-hybridized carbons (Fsp3) is 0.259. The van der Waals surface area contributed by atoms with Crippen molar-refractivity contribution in [2.45, 2.75) is 38.9 Å². The normalized spacial score (nSPS) is 12.0. The van der Waals surface area contributed by atoms with Gasteiger partial charge < -0.3 is 15.0 Å². The Morgan fingerprint density at radius 3 is 1.97 bits per heavy atom. The molecule has 2 amide bonds. The van der Waals surface area contributed by atoms with E-state index < -0.39 is 11.6 Å². The number of amides is 2. The highest BCUT2D eigenvalue weighted by molar-refractivity contribution is 5.98. The second-order valence-corrected chi connectivity index (χ2v) is 8.70. The molecule has 0 saturated heterocycles. The molecular weight excluding hydrogens is 400 g/mol. The second kappa shape index (κ2) is 10.1. The van der Waals surface area contributed by atoms with Crippen molar-refractivity contribution in [3.63, 3.8) is 0 Å². The lowest BCUT2D eigenvalue weighted by atomic mass is 9.99. The molecule has 3 aromatic rings. The Kier molecular flexibility index (Phi) is 7.31. The summed E-state index contributed by atoms with van der Waals surface area (Å²) >= 11 is 0. The van der Waals surface area contributed by atoms with Gasteiger partial charge >= 0.3 is 0 Å². The molecule has 5 nitrogen and oxygen atoms in total. The van der Waals surface area contributed by atoms with Gasteiger partial charge in [0.05, 0.1) is 7.11 Å². The number of benzene rings is 3. The van der Waals surface area contributed by atoms with Crippen LogP contribution < -0.4 is 10.1 Å². The molecule has 3 aromatic carbocycles. The Hall–Kier alpha value is -3.60. The van der Waals surface area contributed by atoms with Crippen LogP contribution >= 0.6 is 0 Å². The van der Waals surface area contributed by atoms with Crippen LogP contribution in [0.2, 0.25) is 0 Å². The zero-order valence-corrected chi connectivity index (χ0v) is 19.0. The molecular formula is C27H30N2O3. The van der Waals surface area contributed by atoms with Crippen molar-refractivity contribution in [1.29, 1.82) is 0 Å². The van der Waals surface area contributed by atoms with Crippen LogP contribution in [0.15, 0.2) is 84.9 Å². The number of rotatable bonds is 7. The molecule has 32 heavy (non-hydrogen) atoms. The summed E-state index contributed by atoms with van der Waals surface area (Å²) in [4.78, 5) is 28.9. The van der Waals surface area contributed by atoms with Gasteiger partial charge in [-0.05, 0) is 56.2 Å². The van der Waals surface area contributed by atoms with Crippen LogP contribution in [0.4, 0.5) is 0 Å². The van der Waals surface area contributed by atoms with Crippen molar-refractivity contribution in [3.05, 3.63) is 102 Å². The molecule has 0 aliphatic rings. The van der Waals surface area contributed by atoms with Crippen LogP contribution in [0.25, 0.3) is 0 Å². The standard InChI is InChI=1S/C27H30N2O3/c1-27(2,3)28-25(30)24(21-15-17-23(32-4)18-16-21)29(19-20-11-7-5-8-12-20)26(31)22-13-9-6-10-14-22/h5-18,24H,19H2,1-4H3,(H,28,30). The average molecular weight is 431 g/mol. The lowest BCUT2D eigenvalue weighted by Crippen LogP contribution is -2.49. The first-order valence-corrected chi connectivity index (χ1v) is 10.6. The second-order valence-electron chi connectivity index (χ2n) is 8.70. The molecule has 0 aromatic heterocycles. The average Bonchev–Trinajstić information content (AvgIpc) is 2.78. The molecule has 1 N–H and O–H groups in total. The molecule has 0 heterocycles. The Morgan fingerprint density at radius 2 is 1.44 bits per heavy atom. The van der Waals surface area contributed by atoms with Crippen molar-refractivity contribution in [1.82, 2.24) is 10.2 Å². The van der Waals surface area contributed by atoms with Crippen LogP contribution in [0.3, 0.4) is 0 Å². The minimum absolute atomic E-state index is 0.209. The summed E-state index contributed by atoms with van der Waals surface area (Å²) in [7, 11) is 1.60. The molecule has 166 valence electrons. The maximum absolute atomic E-state index is 13.7. The van der Waals surface area contributed by atoms with E-state index in [0.29, 0.717) is 23.4 Å². The minimum Gasteiger partial charge on any atom is -0.497 e. The van der Waals surface area contributed by atoms with E-state index in [9.17, 15) is 9.59 Å². The molecule has 3 rings (SSSR count). The number of ether oxygens (including phenoxy) is 1. The number of hydrogen-bond donors (Lipinski definition) is 1. The number of carbonyl (C=O) groups excluding carboxylic acids is 2. The third-order valence-electron chi connectivity index (χ3n) is 4.97. The molecule has 0 radical (unpaired) electrons. The van der Waals surface area contributed by atoms with E-state index in [0.717, 1.165) is 5.56 Å². The van der Waals surface area contributed by atoms with Gasteiger partial charge in [0.25, 0.3) is 5.91 Å². The van der Waals surface area contributed by atoms with Crippen LogP contribution in [0.1, 0.15) is 48.3 Å². The van der Waals surface area contributed by atoms with Gasteiger partial charge in [0.2, 0.25) is 5.91 Å². The van der Waals surface area contributed by atoms with Gasteiger partial charge in [-0.2, -0.15) is 0 Å². The van der Waals surface area contributed by atoms with Gasteiger partial charge in [-0.25, -0.2) is 0 Å². The smallest absolute Gasteiger partial charge is 0.255 e. The van der Waals surface area contributed by atoms with Crippen LogP contribution in [0, 0.1) is 0 Å². The lowest BCUT2D eigenvalue weighted by molar-refractivity contribution is -0.127. The SMILES string of the molecule is COc1ccc(C(C(=O)NC(C)(C)C)N(Cc2ccccc2)C(=O)c2ccccc2)cc1. The molecule has 1 unspecified atom stereocenters. The third kappa shape index (κ3) is 5.97. The highest BCUT2D eigenvalue weighted by Crippen LogP contribution is 2.28. The Balaban J connectivity index is 2.09. The summed E-state index contributed by atoms with van der Waals surface area (Å²) in [6.45, 7) is 6.08. The van der Waals surface area contributed by atoms with Crippen molar-refractivity contribution >= 4 is 11.8 Å². The Morgan fingerprint density at radius 1 is 0.875 bits per heavy atom. The maximum Gasteiger partial charge on any atom is 0.255 e. The summed E-state index contributed by atoms with van der Waals surface area (Å²) in [5, 5.41) is 3.05. The monoisotopic (exact) mass is 430 g/mol. The van der Waals surface area contributed by atoms with Gasteiger partial charge in [0.15, 0.2) is 0 Å². The Bertz CT molecular complexity index is 1030. The summed E-state index contributed by atoms with van der Waals surface area (Å²) in [5.41, 5.74) is 1.74. The van der Waals surface area contributed by atoms with Gasteiger partial charge in [-0.15, -0.1) is 0 Å². The molecule has 0 saturated carbocycles. The zero-order chi connectivity index (χ0) is 23.1. The van der Waals surface area contributed by atoms with E-state index in [-0.39, 0.29) is 11.8 Å². The van der Waals surface area contributed by atoms with E-state index in [1.54, 1.807) is 36.3 Å². The van der Waals surface area contributed by atoms with Crippen LogP contribution in [-0.2, 0) is 11.3 Å². The highest BCUT2D eigenvalue weighted by Gasteiger charge is 2.33. The lowest BCUT2D eigenvalue weighted by Gasteiger charge is -2.34. The number of carbonyl (C=O) groups is 2.